The average molecular weight is 367 g/mol. The van der Waals surface area contributed by atoms with Crippen LogP contribution >= 0.6 is 15.9 Å². The molecule has 1 amide bonds. The van der Waals surface area contributed by atoms with Crippen LogP contribution in [0.15, 0.2) is 28.7 Å². The number of benzene rings is 1. The van der Waals surface area contributed by atoms with E-state index in [0.29, 0.717) is 12.3 Å². The Bertz CT molecular complexity index is 478. The summed E-state index contributed by atoms with van der Waals surface area (Å²) in [7, 11) is 0. The van der Waals surface area contributed by atoms with E-state index in [2.05, 4.69) is 52.5 Å². The van der Waals surface area contributed by atoms with Crippen LogP contribution in [-0.2, 0) is 11.2 Å². The summed E-state index contributed by atoms with van der Waals surface area (Å²) in [4.78, 5) is 12.2. The van der Waals surface area contributed by atoms with Crippen molar-refractivity contribution in [3.63, 3.8) is 0 Å². The van der Waals surface area contributed by atoms with Crippen LogP contribution in [-0.4, -0.2) is 24.5 Å². The second-order valence-corrected chi connectivity index (χ2v) is 7.88. The van der Waals surface area contributed by atoms with E-state index in [9.17, 15) is 4.79 Å². The summed E-state index contributed by atoms with van der Waals surface area (Å²) in [5, 5.41) is 6.56. The van der Waals surface area contributed by atoms with Gasteiger partial charge >= 0.3 is 0 Å². The lowest BCUT2D eigenvalue weighted by Crippen LogP contribution is -2.45. The molecule has 0 unspecified atom stereocenters. The van der Waals surface area contributed by atoms with Gasteiger partial charge in [-0.05, 0) is 76.2 Å². The summed E-state index contributed by atoms with van der Waals surface area (Å²) in [5.74, 6) is 0.891. The number of hydrogen-bond donors (Lipinski definition) is 2. The second-order valence-electron chi connectivity index (χ2n) is 6.97. The molecule has 1 aromatic carbocycles. The van der Waals surface area contributed by atoms with Gasteiger partial charge in [-0.15, -0.1) is 0 Å². The van der Waals surface area contributed by atoms with Gasteiger partial charge in [0.25, 0.3) is 0 Å². The molecule has 1 saturated heterocycles. The summed E-state index contributed by atoms with van der Waals surface area (Å²) in [5.41, 5.74) is 1.03. The highest BCUT2D eigenvalue weighted by Gasteiger charge is 2.22. The highest BCUT2D eigenvalue weighted by Crippen LogP contribution is 2.19. The van der Waals surface area contributed by atoms with Gasteiger partial charge in [0.2, 0.25) is 5.91 Å². The van der Waals surface area contributed by atoms with Crippen molar-refractivity contribution in [1.29, 1.82) is 0 Å². The molecule has 0 radical (unpaired) electrons. The summed E-state index contributed by atoms with van der Waals surface area (Å²) < 4.78 is 1.08. The molecule has 4 heteroatoms. The lowest BCUT2D eigenvalue weighted by atomic mass is 9.92. The predicted octanol–water partition coefficient (Wildman–Crippen LogP) is 3.67. The van der Waals surface area contributed by atoms with Crippen LogP contribution < -0.4 is 10.6 Å². The molecule has 0 aromatic heterocycles. The number of carbonyl (C=O) groups is 1. The Balaban J connectivity index is 1.77. The molecule has 0 saturated carbocycles. The van der Waals surface area contributed by atoms with Crippen LogP contribution in [0.3, 0.4) is 0 Å². The van der Waals surface area contributed by atoms with Crippen molar-refractivity contribution in [3.05, 3.63) is 34.3 Å². The molecule has 1 aliphatic heterocycles. The van der Waals surface area contributed by atoms with Crippen molar-refractivity contribution in [1.82, 2.24) is 10.6 Å². The van der Waals surface area contributed by atoms with Crippen molar-refractivity contribution in [3.8, 4) is 0 Å². The molecule has 1 fully saturated rings. The number of halogens is 1. The van der Waals surface area contributed by atoms with Gasteiger partial charge in [-0.2, -0.15) is 0 Å². The van der Waals surface area contributed by atoms with Crippen LogP contribution in [0.5, 0.6) is 0 Å². The maximum atomic E-state index is 12.2. The molecule has 2 N–H and O–H groups in total. The van der Waals surface area contributed by atoms with Crippen molar-refractivity contribution in [2.45, 2.75) is 51.5 Å². The smallest absolute Gasteiger partial charge is 0.220 e. The van der Waals surface area contributed by atoms with Gasteiger partial charge in [-0.25, -0.2) is 0 Å². The van der Waals surface area contributed by atoms with Crippen molar-refractivity contribution in [2.24, 2.45) is 5.92 Å². The Morgan fingerprint density at radius 3 is 2.55 bits per heavy atom. The lowest BCUT2D eigenvalue weighted by Gasteiger charge is -2.27. The lowest BCUT2D eigenvalue weighted by molar-refractivity contribution is -0.123. The fourth-order valence-electron chi connectivity index (χ4n) is 3.10. The van der Waals surface area contributed by atoms with E-state index in [1.54, 1.807) is 0 Å². The van der Waals surface area contributed by atoms with Gasteiger partial charge in [-0.1, -0.05) is 28.1 Å². The zero-order chi connectivity index (χ0) is 16.0. The molecule has 0 atom stereocenters. The standard InChI is InChI=1S/C18H27BrN2O/c1-18(2,13-15-3-6-16(19)7-4-15)21-17(22)8-5-14-9-11-20-12-10-14/h3-4,6-7,14,20H,5,8-13H2,1-2H3,(H,21,22). The number of rotatable bonds is 6. The third-order valence-electron chi connectivity index (χ3n) is 4.28. The molecule has 2 rings (SSSR count). The third kappa shape index (κ3) is 6.09. The Morgan fingerprint density at radius 2 is 1.91 bits per heavy atom. The normalized spacial score (nSPS) is 16.5. The van der Waals surface area contributed by atoms with Gasteiger partial charge in [0.05, 0.1) is 0 Å². The van der Waals surface area contributed by atoms with E-state index in [4.69, 9.17) is 0 Å². The van der Waals surface area contributed by atoms with E-state index in [0.717, 1.165) is 30.4 Å². The van der Waals surface area contributed by atoms with Gasteiger partial charge < -0.3 is 10.6 Å². The molecule has 0 bridgehead atoms. The van der Waals surface area contributed by atoms with Gasteiger partial charge in [0.15, 0.2) is 0 Å². The van der Waals surface area contributed by atoms with E-state index in [1.165, 1.54) is 18.4 Å². The van der Waals surface area contributed by atoms with Gasteiger partial charge in [0.1, 0.15) is 0 Å². The number of amides is 1. The first kappa shape index (κ1) is 17.5. The highest BCUT2D eigenvalue weighted by molar-refractivity contribution is 9.10. The molecular weight excluding hydrogens is 340 g/mol. The minimum Gasteiger partial charge on any atom is -0.351 e. The minimum atomic E-state index is -0.209. The second kappa shape index (κ2) is 8.11. The number of carbonyl (C=O) groups excluding carboxylic acids is 1. The quantitative estimate of drug-likeness (QED) is 0.806. The molecule has 122 valence electrons. The highest BCUT2D eigenvalue weighted by atomic mass is 79.9. The first-order valence-corrected chi connectivity index (χ1v) is 9.00. The summed E-state index contributed by atoms with van der Waals surface area (Å²) >= 11 is 3.45. The Kier molecular flexibility index (Phi) is 6.45. The summed E-state index contributed by atoms with van der Waals surface area (Å²) in [6, 6.07) is 8.30. The summed E-state index contributed by atoms with van der Waals surface area (Å²) in [6.07, 6.45) is 4.92. The van der Waals surface area contributed by atoms with Crippen LogP contribution in [0.2, 0.25) is 0 Å². The fraction of sp³-hybridized carbons (Fsp3) is 0.611. The first-order chi connectivity index (χ1) is 10.4. The maximum absolute atomic E-state index is 12.2. The molecule has 1 heterocycles. The van der Waals surface area contributed by atoms with E-state index < -0.39 is 0 Å². The number of hydrogen-bond acceptors (Lipinski definition) is 2. The molecule has 0 spiro atoms. The average Bonchev–Trinajstić information content (AvgIpc) is 2.48. The molecular formula is C18H27BrN2O. The largest absolute Gasteiger partial charge is 0.351 e. The summed E-state index contributed by atoms with van der Waals surface area (Å²) in [6.45, 7) is 6.39. The molecule has 0 aliphatic carbocycles. The topological polar surface area (TPSA) is 41.1 Å². The molecule has 22 heavy (non-hydrogen) atoms. The Labute approximate surface area is 142 Å². The predicted molar refractivity (Wildman–Crippen MR) is 94.9 cm³/mol. The van der Waals surface area contributed by atoms with Crippen molar-refractivity contribution in [2.75, 3.05) is 13.1 Å². The zero-order valence-electron chi connectivity index (χ0n) is 13.6. The third-order valence-corrected chi connectivity index (χ3v) is 4.80. The SMILES string of the molecule is CC(C)(Cc1ccc(Br)cc1)NC(=O)CCC1CCNCC1. The number of piperidine rings is 1. The van der Waals surface area contributed by atoms with Crippen LogP contribution in [0.25, 0.3) is 0 Å². The fourth-order valence-corrected chi connectivity index (χ4v) is 3.37. The Morgan fingerprint density at radius 1 is 1.27 bits per heavy atom. The van der Waals surface area contributed by atoms with E-state index in [-0.39, 0.29) is 11.4 Å². The zero-order valence-corrected chi connectivity index (χ0v) is 15.2. The molecule has 1 aliphatic rings. The monoisotopic (exact) mass is 366 g/mol. The van der Waals surface area contributed by atoms with Crippen LogP contribution in [0.1, 0.15) is 45.1 Å². The van der Waals surface area contributed by atoms with E-state index in [1.807, 2.05) is 12.1 Å². The van der Waals surface area contributed by atoms with E-state index >= 15 is 0 Å². The number of nitrogens with one attached hydrogen (secondary N) is 2. The minimum absolute atomic E-state index is 0.181. The van der Waals surface area contributed by atoms with Crippen LogP contribution in [0, 0.1) is 5.92 Å². The van der Waals surface area contributed by atoms with Crippen molar-refractivity contribution < 1.29 is 4.79 Å². The first-order valence-electron chi connectivity index (χ1n) is 8.21. The van der Waals surface area contributed by atoms with Gasteiger partial charge in [0, 0.05) is 16.4 Å². The molecule has 1 aromatic rings. The Hall–Kier alpha value is -0.870. The molecule has 3 nitrogen and oxygen atoms in total. The van der Waals surface area contributed by atoms with Gasteiger partial charge in [-0.3, -0.25) is 4.79 Å². The van der Waals surface area contributed by atoms with Crippen molar-refractivity contribution >= 4 is 21.8 Å². The maximum Gasteiger partial charge on any atom is 0.220 e. The van der Waals surface area contributed by atoms with Crippen LogP contribution in [0.4, 0.5) is 0 Å².